The van der Waals surface area contributed by atoms with Crippen LogP contribution in [0, 0.1) is 13.8 Å². The molecule has 0 radical (unpaired) electrons. The Morgan fingerprint density at radius 2 is 1.93 bits per heavy atom. The molecule has 28 heavy (non-hydrogen) atoms. The van der Waals surface area contributed by atoms with Crippen molar-refractivity contribution in [2.45, 2.75) is 39.9 Å². The summed E-state index contributed by atoms with van der Waals surface area (Å²) in [5.74, 6) is 1.19. The minimum Gasteiger partial charge on any atom is -0.303 e. The predicted octanol–water partition coefficient (Wildman–Crippen LogP) is 4.73. The number of rotatable bonds is 5. The fourth-order valence-corrected chi connectivity index (χ4v) is 2.95. The lowest BCUT2D eigenvalue weighted by molar-refractivity contribution is -0.137. The van der Waals surface area contributed by atoms with Crippen molar-refractivity contribution in [3.05, 3.63) is 59.2 Å². The number of nitrogens with zero attached hydrogens (tertiary/aromatic N) is 5. The summed E-state index contributed by atoms with van der Waals surface area (Å²) in [6, 6.07) is 6.36. The van der Waals surface area contributed by atoms with Crippen molar-refractivity contribution in [2.75, 3.05) is 5.43 Å². The number of halogens is 3. The summed E-state index contributed by atoms with van der Waals surface area (Å²) in [4.78, 5) is 3.73. The Balaban J connectivity index is 1.79. The van der Waals surface area contributed by atoms with Crippen molar-refractivity contribution in [1.82, 2.24) is 19.3 Å². The number of alkyl halides is 3. The maximum atomic E-state index is 12.6. The first-order chi connectivity index (χ1) is 13.2. The summed E-state index contributed by atoms with van der Waals surface area (Å²) in [5, 5.41) is 8.47. The second-order valence-corrected chi connectivity index (χ2v) is 6.69. The van der Waals surface area contributed by atoms with E-state index in [0.29, 0.717) is 0 Å². The van der Waals surface area contributed by atoms with Crippen LogP contribution in [0.4, 0.5) is 19.0 Å². The molecule has 6 nitrogen and oxygen atoms in total. The molecule has 3 aromatic rings. The second-order valence-electron chi connectivity index (χ2n) is 6.69. The molecule has 0 aliphatic rings. The van der Waals surface area contributed by atoms with Crippen LogP contribution in [0.2, 0.25) is 0 Å². The van der Waals surface area contributed by atoms with E-state index in [1.807, 2.05) is 30.7 Å². The molecule has 0 aliphatic carbocycles. The average molecular weight is 390 g/mol. The molecule has 3 heterocycles. The Hall–Kier alpha value is -3.10. The third-order valence-electron chi connectivity index (χ3n) is 4.31. The van der Waals surface area contributed by atoms with Crippen molar-refractivity contribution in [3.63, 3.8) is 0 Å². The SMILES string of the molecule is Cc1cc(/C=N\Nc2ccc(C(F)(F)F)cn2)c(C)n1-c1ccnn1C(C)C. The van der Waals surface area contributed by atoms with Gasteiger partial charge in [0, 0.05) is 35.3 Å². The van der Waals surface area contributed by atoms with Gasteiger partial charge in [0.25, 0.3) is 0 Å². The number of pyridine rings is 1. The third kappa shape index (κ3) is 3.92. The molecule has 9 heteroatoms. The van der Waals surface area contributed by atoms with Gasteiger partial charge in [-0.05, 0) is 45.9 Å². The Bertz CT molecular complexity index is 980. The molecule has 0 amide bonds. The number of hydrogen-bond donors (Lipinski definition) is 1. The van der Waals surface area contributed by atoms with Crippen molar-refractivity contribution in [3.8, 4) is 5.82 Å². The molecule has 1 N–H and O–H groups in total. The molecule has 0 saturated heterocycles. The van der Waals surface area contributed by atoms with Gasteiger partial charge in [0.1, 0.15) is 11.6 Å². The van der Waals surface area contributed by atoms with Gasteiger partial charge in [-0.2, -0.15) is 23.4 Å². The van der Waals surface area contributed by atoms with Crippen molar-refractivity contribution < 1.29 is 13.2 Å². The Morgan fingerprint density at radius 1 is 1.18 bits per heavy atom. The van der Waals surface area contributed by atoms with Crippen LogP contribution in [0.15, 0.2) is 41.8 Å². The summed E-state index contributed by atoms with van der Waals surface area (Å²) in [7, 11) is 0. The van der Waals surface area contributed by atoms with Crippen molar-refractivity contribution in [1.29, 1.82) is 0 Å². The van der Waals surface area contributed by atoms with E-state index in [4.69, 9.17) is 0 Å². The summed E-state index contributed by atoms with van der Waals surface area (Å²) in [5.41, 5.74) is 4.74. The lowest BCUT2D eigenvalue weighted by Crippen LogP contribution is -2.11. The first kappa shape index (κ1) is 19.7. The molecule has 0 unspecified atom stereocenters. The van der Waals surface area contributed by atoms with E-state index >= 15 is 0 Å². The number of hydrazone groups is 1. The van der Waals surface area contributed by atoms with Crippen LogP contribution in [-0.2, 0) is 6.18 Å². The molecule has 0 bridgehead atoms. The van der Waals surface area contributed by atoms with Gasteiger partial charge < -0.3 is 4.57 Å². The average Bonchev–Trinajstić information content (AvgIpc) is 3.19. The van der Waals surface area contributed by atoms with Crippen LogP contribution < -0.4 is 5.43 Å². The monoisotopic (exact) mass is 390 g/mol. The van der Waals surface area contributed by atoms with E-state index in [-0.39, 0.29) is 11.9 Å². The zero-order chi connectivity index (χ0) is 20.5. The molecule has 3 aromatic heterocycles. The zero-order valence-corrected chi connectivity index (χ0v) is 16.0. The van der Waals surface area contributed by atoms with Crippen LogP contribution in [-0.4, -0.2) is 25.5 Å². The smallest absolute Gasteiger partial charge is 0.303 e. The molecule has 0 aromatic carbocycles. The minimum atomic E-state index is -4.41. The maximum Gasteiger partial charge on any atom is 0.417 e. The number of hydrogen-bond acceptors (Lipinski definition) is 4. The fraction of sp³-hybridized carbons (Fsp3) is 0.316. The lowest BCUT2D eigenvalue weighted by atomic mass is 10.3. The van der Waals surface area contributed by atoms with E-state index in [0.717, 1.165) is 35.0 Å². The topological polar surface area (TPSA) is 60.0 Å². The van der Waals surface area contributed by atoms with Gasteiger partial charge in [-0.15, -0.1) is 0 Å². The van der Waals surface area contributed by atoms with E-state index in [1.165, 1.54) is 6.07 Å². The highest BCUT2D eigenvalue weighted by atomic mass is 19.4. The normalized spacial score (nSPS) is 12.3. The van der Waals surface area contributed by atoms with Gasteiger partial charge in [0.2, 0.25) is 0 Å². The molecule has 0 atom stereocenters. The summed E-state index contributed by atoms with van der Waals surface area (Å²) < 4.78 is 41.7. The van der Waals surface area contributed by atoms with Crippen LogP contribution in [0.5, 0.6) is 0 Å². The lowest BCUT2D eigenvalue weighted by Gasteiger charge is -2.15. The molecular weight excluding hydrogens is 369 g/mol. The standard InChI is InChI=1S/C19H21F3N6/c1-12(2)28-18(7-8-25-28)27-13(3)9-15(14(27)4)10-24-26-17-6-5-16(11-23-17)19(20,21)22/h5-12H,1-4H3,(H,23,26)/b24-10-. The number of aromatic nitrogens is 4. The highest BCUT2D eigenvalue weighted by molar-refractivity contribution is 5.82. The first-order valence-corrected chi connectivity index (χ1v) is 8.73. The molecule has 0 fully saturated rings. The molecule has 0 spiro atoms. The number of nitrogens with one attached hydrogen (secondary N) is 1. The second kappa shape index (κ2) is 7.49. The summed E-state index contributed by atoms with van der Waals surface area (Å²) >= 11 is 0. The number of anilines is 1. The highest BCUT2D eigenvalue weighted by Crippen LogP contribution is 2.28. The Kier molecular flexibility index (Phi) is 5.26. The Morgan fingerprint density at radius 3 is 2.54 bits per heavy atom. The quantitative estimate of drug-likeness (QED) is 0.506. The molecular formula is C19H21F3N6. The van der Waals surface area contributed by atoms with E-state index < -0.39 is 11.7 Å². The number of aryl methyl sites for hydroxylation is 1. The third-order valence-corrected chi connectivity index (χ3v) is 4.31. The van der Waals surface area contributed by atoms with E-state index in [1.54, 1.807) is 12.4 Å². The summed E-state index contributed by atoms with van der Waals surface area (Å²) in [6.07, 6.45) is -0.250. The maximum absolute atomic E-state index is 12.6. The van der Waals surface area contributed by atoms with Crippen molar-refractivity contribution in [2.24, 2.45) is 5.10 Å². The molecule has 3 rings (SSSR count). The first-order valence-electron chi connectivity index (χ1n) is 8.73. The minimum absolute atomic E-state index is 0.218. The van der Waals surface area contributed by atoms with Crippen molar-refractivity contribution >= 4 is 12.0 Å². The molecule has 0 saturated carbocycles. The van der Waals surface area contributed by atoms with Gasteiger partial charge in [-0.25, -0.2) is 9.67 Å². The van der Waals surface area contributed by atoms with E-state index in [9.17, 15) is 13.2 Å². The van der Waals surface area contributed by atoms with Gasteiger partial charge in [-0.1, -0.05) is 0 Å². The van der Waals surface area contributed by atoms with Gasteiger partial charge in [-0.3, -0.25) is 5.43 Å². The van der Waals surface area contributed by atoms with Crippen LogP contribution in [0.3, 0.4) is 0 Å². The zero-order valence-electron chi connectivity index (χ0n) is 16.0. The fourth-order valence-electron chi connectivity index (χ4n) is 2.95. The highest BCUT2D eigenvalue weighted by Gasteiger charge is 2.30. The van der Waals surface area contributed by atoms with Gasteiger partial charge >= 0.3 is 6.18 Å². The Labute approximate surface area is 160 Å². The van der Waals surface area contributed by atoms with Crippen LogP contribution >= 0.6 is 0 Å². The molecule has 148 valence electrons. The molecule has 0 aliphatic heterocycles. The largest absolute Gasteiger partial charge is 0.417 e. The van der Waals surface area contributed by atoms with Crippen LogP contribution in [0.1, 0.15) is 42.4 Å². The predicted molar refractivity (Wildman–Crippen MR) is 102 cm³/mol. The van der Waals surface area contributed by atoms with Gasteiger partial charge in [0.05, 0.1) is 18.0 Å². The summed E-state index contributed by atoms with van der Waals surface area (Å²) in [6.45, 7) is 8.09. The van der Waals surface area contributed by atoms with Gasteiger partial charge in [0.15, 0.2) is 0 Å². The van der Waals surface area contributed by atoms with Crippen LogP contribution in [0.25, 0.3) is 5.82 Å². The van der Waals surface area contributed by atoms with E-state index in [2.05, 4.69) is 39.0 Å².